The monoisotopic (exact) mass is 488 g/mol. The van der Waals surface area contributed by atoms with Crippen LogP contribution in [0.1, 0.15) is 39.3 Å². The molecule has 5 rings (SSSR count). The molecule has 4 heterocycles. The summed E-state index contributed by atoms with van der Waals surface area (Å²) in [5.41, 5.74) is 0.992. The van der Waals surface area contributed by atoms with E-state index in [2.05, 4.69) is 10.3 Å². The number of hydrogen-bond donors (Lipinski definition) is 1. The van der Waals surface area contributed by atoms with E-state index in [4.69, 9.17) is 0 Å². The van der Waals surface area contributed by atoms with Gasteiger partial charge in [0.2, 0.25) is 0 Å². The van der Waals surface area contributed by atoms with Gasteiger partial charge in [0.1, 0.15) is 0 Å². The van der Waals surface area contributed by atoms with E-state index >= 15 is 0 Å². The van der Waals surface area contributed by atoms with Gasteiger partial charge in [0.05, 0.1) is 5.69 Å². The first-order chi connectivity index (χ1) is 17.0. The fourth-order valence-corrected chi connectivity index (χ4v) is 5.93. The highest BCUT2D eigenvalue weighted by molar-refractivity contribution is 7.09. The second-order valence-corrected chi connectivity index (χ2v) is 10.2. The number of piperidine rings is 1. The predicted octanol–water partition coefficient (Wildman–Crippen LogP) is 3.99. The molecule has 4 amide bonds. The van der Waals surface area contributed by atoms with Gasteiger partial charge in [-0.25, -0.2) is 4.79 Å². The summed E-state index contributed by atoms with van der Waals surface area (Å²) >= 11 is 1.62. The van der Waals surface area contributed by atoms with Crippen molar-refractivity contribution in [3.8, 4) is 0 Å². The van der Waals surface area contributed by atoms with Crippen LogP contribution in [0.3, 0.4) is 0 Å². The van der Waals surface area contributed by atoms with Crippen LogP contribution in [0.25, 0.3) is 0 Å². The van der Waals surface area contributed by atoms with Gasteiger partial charge in [-0.05, 0) is 61.4 Å². The van der Waals surface area contributed by atoms with Crippen molar-refractivity contribution in [2.45, 2.75) is 31.7 Å². The number of thiophene rings is 1. The van der Waals surface area contributed by atoms with Gasteiger partial charge in [0.25, 0.3) is 11.8 Å². The number of nitrogens with zero attached hydrogens (tertiary/aromatic N) is 3. The lowest BCUT2D eigenvalue weighted by Crippen LogP contribution is -2.54. The number of pyridine rings is 1. The first-order valence-electron chi connectivity index (χ1n) is 11.9. The van der Waals surface area contributed by atoms with Crippen molar-refractivity contribution in [2.24, 2.45) is 5.92 Å². The van der Waals surface area contributed by atoms with Gasteiger partial charge >= 0.3 is 6.03 Å². The number of rotatable bonds is 6. The summed E-state index contributed by atoms with van der Waals surface area (Å²) in [5.74, 6) is -0.407. The van der Waals surface area contributed by atoms with E-state index < -0.39 is 5.54 Å². The van der Waals surface area contributed by atoms with E-state index in [0.717, 1.165) is 10.4 Å². The van der Waals surface area contributed by atoms with E-state index in [9.17, 15) is 14.4 Å². The van der Waals surface area contributed by atoms with E-state index in [-0.39, 0.29) is 23.8 Å². The largest absolute Gasteiger partial charge is 0.339 e. The summed E-state index contributed by atoms with van der Waals surface area (Å²) in [6, 6.07) is 16.6. The number of likely N-dealkylation sites (tertiary alicyclic amines) is 1. The van der Waals surface area contributed by atoms with Crippen LogP contribution in [-0.2, 0) is 16.8 Å². The van der Waals surface area contributed by atoms with Crippen LogP contribution in [0, 0.1) is 12.8 Å². The van der Waals surface area contributed by atoms with Crippen molar-refractivity contribution >= 4 is 29.2 Å². The van der Waals surface area contributed by atoms with Gasteiger partial charge in [-0.3, -0.25) is 19.5 Å². The van der Waals surface area contributed by atoms with Gasteiger partial charge in [-0.1, -0.05) is 30.3 Å². The highest BCUT2D eigenvalue weighted by Crippen LogP contribution is 2.41. The molecule has 0 aliphatic carbocycles. The molecular formula is C27H28N4O3S. The molecule has 180 valence electrons. The maximum atomic E-state index is 13.9. The van der Waals surface area contributed by atoms with E-state index in [1.165, 1.54) is 4.90 Å². The maximum absolute atomic E-state index is 13.9. The zero-order valence-electron chi connectivity index (χ0n) is 19.6. The van der Waals surface area contributed by atoms with Crippen LogP contribution in [0.5, 0.6) is 0 Å². The quantitative estimate of drug-likeness (QED) is 0.532. The smallest absolute Gasteiger partial charge is 0.325 e. The lowest BCUT2D eigenvalue weighted by Gasteiger charge is -2.40. The average Bonchev–Trinajstić information content (AvgIpc) is 3.50. The Morgan fingerprint density at radius 1 is 1.09 bits per heavy atom. The number of nitrogens with one attached hydrogen (secondary N) is 1. The van der Waals surface area contributed by atoms with Gasteiger partial charge in [0, 0.05) is 42.2 Å². The van der Waals surface area contributed by atoms with Crippen molar-refractivity contribution in [3.05, 3.63) is 87.9 Å². The molecule has 0 spiro atoms. The lowest BCUT2D eigenvalue weighted by atomic mass is 9.75. The molecule has 2 aromatic heterocycles. The number of imide groups is 1. The average molecular weight is 489 g/mol. The van der Waals surface area contributed by atoms with Crippen molar-refractivity contribution in [1.29, 1.82) is 0 Å². The molecule has 2 aliphatic rings. The molecule has 0 bridgehead atoms. The maximum Gasteiger partial charge on any atom is 0.325 e. The Bertz CT molecular complexity index is 1220. The summed E-state index contributed by atoms with van der Waals surface area (Å²) in [4.78, 5) is 48.9. The van der Waals surface area contributed by atoms with Crippen molar-refractivity contribution in [3.63, 3.8) is 0 Å². The van der Waals surface area contributed by atoms with Crippen molar-refractivity contribution in [1.82, 2.24) is 20.1 Å². The summed E-state index contributed by atoms with van der Waals surface area (Å²) in [6.45, 7) is 3.30. The van der Waals surface area contributed by atoms with Gasteiger partial charge in [0.15, 0.2) is 5.54 Å². The number of amides is 4. The zero-order chi connectivity index (χ0) is 24.4. The van der Waals surface area contributed by atoms with Crippen molar-refractivity contribution < 1.29 is 14.4 Å². The molecule has 0 radical (unpaired) electrons. The minimum absolute atomic E-state index is 0.00722. The Labute approximate surface area is 208 Å². The number of carbonyl (C=O) groups excluding carboxylic acids is 3. The minimum Gasteiger partial charge on any atom is -0.339 e. The van der Waals surface area contributed by atoms with Gasteiger partial charge in [-0.2, -0.15) is 0 Å². The molecule has 1 aromatic carbocycles. The van der Waals surface area contributed by atoms with Crippen molar-refractivity contribution in [2.75, 3.05) is 19.6 Å². The Hall–Kier alpha value is -3.52. The number of benzene rings is 1. The predicted molar refractivity (Wildman–Crippen MR) is 134 cm³/mol. The molecule has 2 fully saturated rings. The number of aromatic nitrogens is 1. The standard InChI is InChI=1S/C27H28N4O3S/c1-19-7-2-3-9-22(19)24(32)30-15-11-20(12-16-30)27(23-10-4-5-14-28-23)25(33)31(26(34)29-27)17-13-21-8-6-18-35-21/h2-10,14,18,20H,11-13,15-17H2,1H3,(H,29,34)/t27-/m1/s1. The topological polar surface area (TPSA) is 82.6 Å². The fourth-order valence-electron chi connectivity index (χ4n) is 5.23. The summed E-state index contributed by atoms with van der Waals surface area (Å²) in [6.07, 6.45) is 3.47. The molecule has 8 heteroatoms. The molecule has 3 aromatic rings. The molecule has 7 nitrogen and oxygen atoms in total. The number of aryl methyl sites for hydroxylation is 1. The van der Waals surface area contributed by atoms with Gasteiger partial charge in [-0.15, -0.1) is 11.3 Å². The summed E-state index contributed by atoms with van der Waals surface area (Å²) in [5, 5.41) is 5.03. The Morgan fingerprint density at radius 2 is 1.86 bits per heavy atom. The highest BCUT2D eigenvalue weighted by Gasteiger charge is 2.58. The second-order valence-electron chi connectivity index (χ2n) is 9.12. The summed E-state index contributed by atoms with van der Waals surface area (Å²) in [7, 11) is 0. The van der Waals surface area contributed by atoms with E-state index in [1.54, 1.807) is 23.6 Å². The number of urea groups is 1. The first kappa shape index (κ1) is 23.2. The SMILES string of the molecule is Cc1ccccc1C(=O)N1CCC([C@]2(c3ccccn3)NC(=O)N(CCc3cccs3)C2=O)CC1. The van der Waals surface area contributed by atoms with Crippen LogP contribution in [0.2, 0.25) is 0 Å². The minimum atomic E-state index is -1.22. The molecular weight excluding hydrogens is 460 g/mol. The third-order valence-electron chi connectivity index (χ3n) is 7.13. The number of hydrogen-bond acceptors (Lipinski definition) is 5. The normalized spacial score (nSPS) is 20.8. The van der Waals surface area contributed by atoms with Crippen LogP contribution >= 0.6 is 11.3 Å². The third kappa shape index (κ3) is 4.23. The van der Waals surface area contributed by atoms with Gasteiger partial charge < -0.3 is 10.2 Å². The lowest BCUT2D eigenvalue weighted by molar-refractivity contribution is -0.134. The molecule has 1 atom stereocenters. The number of carbonyl (C=O) groups is 3. The molecule has 35 heavy (non-hydrogen) atoms. The molecule has 1 N–H and O–H groups in total. The first-order valence-corrected chi connectivity index (χ1v) is 12.8. The van der Waals surface area contributed by atoms with Crippen LogP contribution in [0.15, 0.2) is 66.2 Å². The fraction of sp³-hybridized carbons (Fsp3) is 0.333. The third-order valence-corrected chi connectivity index (χ3v) is 8.07. The zero-order valence-corrected chi connectivity index (χ0v) is 20.5. The van der Waals surface area contributed by atoms with Crippen LogP contribution < -0.4 is 5.32 Å². The molecule has 0 unspecified atom stereocenters. The highest BCUT2D eigenvalue weighted by atomic mass is 32.1. The summed E-state index contributed by atoms with van der Waals surface area (Å²) < 4.78 is 0. The van der Waals surface area contributed by atoms with Crippen LogP contribution in [0.4, 0.5) is 4.79 Å². The van der Waals surface area contributed by atoms with E-state index in [1.807, 2.05) is 65.7 Å². The molecule has 2 aliphatic heterocycles. The Kier molecular flexibility index (Phi) is 6.38. The second kappa shape index (κ2) is 9.62. The molecule has 2 saturated heterocycles. The Morgan fingerprint density at radius 3 is 2.54 bits per heavy atom. The van der Waals surface area contributed by atoms with Crippen LogP contribution in [-0.4, -0.2) is 52.3 Å². The molecule has 0 saturated carbocycles. The Balaban J connectivity index is 1.38. The van der Waals surface area contributed by atoms with E-state index in [0.29, 0.717) is 50.2 Å².